The van der Waals surface area contributed by atoms with Gasteiger partial charge in [-0.2, -0.15) is 13.2 Å². The van der Waals surface area contributed by atoms with Crippen molar-refractivity contribution in [3.63, 3.8) is 0 Å². The van der Waals surface area contributed by atoms with Crippen molar-refractivity contribution in [2.45, 2.75) is 71.8 Å². The Kier molecular flexibility index (Phi) is 7.59. The highest BCUT2D eigenvalue weighted by Crippen LogP contribution is 2.65. The van der Waals surface area contributed by atoms with E-state index in [2.05, 4.69) is 10.6 Å². The summed E-state index contributed by atoms with van der Waals surface area (Å²) in [6.45, 7) is 8.98. The average molecular weight is 533 g/mol. The van der Waals surface area contributed by atoms with Gasteiger partial charge in [-0.1, -0.05) is 34.6 Å². The molecule has 3 fully saturated rings. The van der Waals surface area contributed by atoms with E-state index < -0.39 is 59.3 Å². The number of fused-ring (bicyclic) bond motifs is 1. The first-order valence-electron chi connectivity index (χ1n) is 12.2. The van der Waals surface area contributed by atoms with Crippen LogP contribution in [0.4, 0.5) is 13.2 Å². The molecule has 2 heterocycles. The van der Waals surface area contributed by atoms with Gasteiger partial charge in [-0.3, -0.25) is 19.2 Å². The summed E-state index contributed by atoms with van der Waals surface area (Å²) in [4.78, 5) is 64.5. The topological polar surface area (TPSA) is 134 Å². The van der Waals surface area contributed by atoms with Crippen LogP contribution < -0.4 is 16.0 Å². The fourth-order valence-electron chi connectivity index (χ4n) is 5.61. The maximum absolute atomic E-state index is 13.6. The Labute approximate surface area is 213 Å². The fourth-order valence-corrected chi connectivity index (χ4v) is 5.61. The van der Waals surface area contributed by atoms with Crippen molar-refractivity contribution in [1.29, 1.82) is 0 Å². The Bertz CT molecular complexity index is 977. The number of amides is 4. The number of methoxy groups -OCH3 is 1. The predicted molar refractivity (Wildman–Crippen MR) is 123 cm³/mol. The second-order valence-electron chi connectivity index (χ2n) is 11.8. The zero-order valence-electron chi connectivity index (χ0n) is 21.8. The summed E-state index contributed by atoms with van der Waals surface area (Å²) >= 11 is 0. The molecule has 6 atom stereocenters. The molecule has 2 saturated heterocycles. The lowest BCUT2D eigenvalue weighted by molar-refractivity contribution is -0.176. The number of carbonyl (C=O) groups is 5. The van der Waals surface area contributed by atoms with E-state index >= 15 is 0 Å². The first kappa shape index (κ1) is 28.7. The predicted octanol–water partition coefficient (Wildman–Crippen LogP) is 0.747. The summed E-state index contributed by atoms with van der Waals surface area (Å²) < 4.78 is 43.8. The molecular formula is C24H35F3N4O6. The van der Waals surface area contributed by atoms with E-state index in [4.69, 9.17) is 4.74 Å². The third-order valence-corrected chi connectivity index (χ3v) is 7.89. The molecule has 4 amide bonds. The minimum atomic E-state index is -5.18. The van der Waals surface area contributed by atoms with Crippen molar-refractivity contribution in [3.8, 4) is 0 Å². The molecule has 1 saturated carbocycles. The fraction of sp³-hybridized carbons (Fsp3) is 0.792. The van der Waals surface area contributed by atoms with Crippen molar-refractivity contribution in [2.75, 3.05) is 20.2 Å². The molecule has 0 spiro atoms. The number of piperidine rings is 1. The summed E-state index contributed by atoms with van der Waals surface area (Å²) in [5.41, 5.74) is -1.40. The molecule has 37 heavy (non-hydrogen) atoms. The van der Waals surface area contributed by atoms with Crippen LogP contribution in [0.25, 0.3) is 0 Å². The van der Waals surface area contributed by atoms with Crippen LogP contribution in [-0.4, -0.2) is 79.0 Å². The standard InChI is InChI=1S/C24H35F3N4O6/c1-22(2,3)16(30-21(36)24(25,26)27)19(34)31-10-12-14(23(12,4)5)15(31)18(33)29-13(20(35)37-6)9-11-7-8-28-17(11)32/h11-16H,7-10H2,1-6H3,(H,28,32)(H,29,33)(H,30,36)/t11-,12-,13-,14-,15-,16?/m0/s1. The molecule has 0 aromatic rings. The number of carbonyl (C=O) groups excluding carboxylic acids is 5. The van der Waals surface area contributed by atoms with Gasteiger partial charge < -0.3 is 25.6 Å². The molecule has 0 radical (unpaired) electrons. The summed E-state index contributed by atoms with van der Waals surface area (Å²) in [6, 6.07) is -3.76. The molecule has 3 rings (SSSR count). The van der Waals surface area contributed by atoms with Crippen LogP contribution in [0.5, 0.6) is 0 Å². The molecule has 0 aromatic carbocycles. The quantitative estimate of drug-likeness (QED) is 0.415. The van der Waals surface area contributed by atoms with E-state index in [1.807, 2.05) is 13.8 Å². The van der Waals surface area contributed by atoms with Gasteiger partial charge >= 0.3 is 18.1 Å². The first-order valence-corrected chi connectivity index (χ1v) is 12.2. The van der Waals surface area contributed by atoms with E-state index in [1.54, 1.807) is 5.32 Å². The lowest BCUT2D eigenvalue weighted by Crippen LogP contribution is -2.61. The number of nitrogens with zero attached hydrogens (tertiary/aromatic N) is 1. The second-order valence-corrected chi connectivity index (χ2v) is 11.8. The van der Waals surface area contributed by atoms with Crippen LogP contribution in [0.3, 0.4) is 0 Å². The molecule has 0 aromatic heterocycles. The molecule has 1 unspecified atom stereocenters. The van der Waals surface area contributed by atoms with Gasteiger partial charge in [0, 0.05) is 19.0 Å². The van der Waals surface area contributed by atoms with Crippen molar-refractivity contribution in [3.05, 3.63) is 0 Å². The van der Waals surface area contributed by atoms with Crippen LogP contribution >= 0.6 is 0 Å². The largest absolute Gasteiger partial charge is 0.471 e. The number of ether oxygens (including phenoxy) is 1. The summed E-state index contributed by atoms with van der Waals surface area (Å²) in [7, 11) is 1.15. The Balaban J connectivity index is 1.85. The minimum Gasteiger partial charge on any atom is -0.467 e. The second kappa shape index (κ2) is 9.79. The smallest absolute Gasteiger partial charge is 0.467 e. The number of rotatable bonds is 7. The molecule has 3 N–H and O–H groups in total. The first-order chi connectivity index (χ1) is 16.9. The highest BCUT2D eigenvalue weighted by Gasteiger charge is 2.70. The van der Waals surface area contributed by atoms with E-state index in [0.717, 1.165) is 7.11 Å². The third kappa shape index (κ3) is 5.69. The van der Waals surface area contributed by atoms with Crippen LogP contribution in [0.1, 0.15) is 47.5 Å². The van der Waals surface area contributed by atoms with Crippen LogP contribution in [0.2, 0.25) is 0 Å². The number of hydrogen-bond acceptors (Lipinski definition) is 6. The number of esters is 1. The molecule has 10 nitrogen and oxygen atoms in total. The summed E-state index contributed by atoms with van der Waals surface area (Å²) in [5.74, 6) is -5.57. The molecule has 13 heteroatoms. The number of halogens is 3. The van der Waals surface area contributed by atoms with Gasteiger partial charge in [0.05, 0.1) is 7.11 Å². The molecule has 0 bridgehead atoms. The maximum atomic E-state index is 13.6. The molecule has 208 valence electrons. The average Bonchev–Trinajstić information content (AvgIpc) is 3.14. The van der Waals surface area contributed by atoms with Crippen LogP contribution in [0.15, 0.2) is 0 Å². The lowest BCUT2D eigenvalue weighted by Gasteiger charge is -2.38. The zero-order chi connectivity index (χ0) is 28.1. The SMILES string of the molecule is COC(=O)[C@H](C[C@@H]1CCNC1=O)NC(=O)[C@@H]1[C@@H]2[C@H](CN1C(=O)C(NC(=O)C(F)(F)F)C(C)(C)C)C2(C)C. The van der Waals surface area contributed by atoms with Gasteiger partial charge in [0.15, 0.2) is 0 Å². The number of alkyl halides is 3. The summed E-state index contributed by atoms with van der Waals surface area (Å²) in [5, 5.41) is 7.09. The normalized spacial score (nSPS) is 28.0. The van der Waals surface area contributed by atoms with Gasteiger partial charge in [-0.05, 0) is 35.5 Å². The molecule has 3 aliphatic rings. The van der Waals surface area contributed by atoms with E-state index in [-0.39, 0.29) is 36.1 Å². The maximum Gasteiger partial charge on any atom is 0.471 e. The van der Waals surface area contributed by atoms with Crippen LogP contribution in [0, 0.1) is 28.6 Å². The van der Waals surface area contributed by atoms with Gasteiger partial charge in [0.1, 0.15) is 18.1 Å². The van der Waals surface area contributed by atoms with Gasteiger partial charge in [0.25, 0.3) is 0 Å². The number of hydrogen-bond donors (Lipinski definition) is 3. The Morgan fingerprint density at radius 2 is 1.78 bits per heavy atom. The molecule has 1 aliphatic carbocycles. The lowest BCUT2D eigenvalue weighted by atomic mass is 9.85. The Hall–Kier alpha value is -2.86. The van der Waals surface area contributed by atoms with Crippen molar-refractivity contribution >= 4 is 29.6 Å². The number of nitrogens with one attached hydrogen (secondary N) is 3. The van der Waals surface area contributed by atoms with Crippen molar-refractivity contribution in [2.24, 2.45) is 28.6 Å². The van der Waals surface area contributed by atoms with E-state index in [1.165, 1.54) is 25.7 Å². The minimum absolute atomic E-state index is 0.00859. The van der Waals surface area contributed by atoms with Crippen LogP contribution in [-0.2, 0) is 28.7 Å². The van der Waals surface area contributed by atoms with Gasteiger partial charge in [-0.25, -0.2) is 4.79 Å². The monoisotopic (exact) mass is 532 g/mol. The highest BCUT2D eigenvalue weighted by atomic mass is 19.4. The van der Waals surface area contributed by atoms with E-state index in [9.17, 15) is 37.1 Å². The van der Waals surface area contributed by atoms with Gasteiger partial charge in [0.2, 0.25) is 17.7 Å². The Morgan fingerprint density at radius 1 is 1.16 bits per heavy atom. The molecular weight excluding hydrogens is 497 g/mol. The zero-order valence-corrected chi connectivity index (χ0v) is 21.8. The highest BCUT2D eigenvalue weighted by molar-refractivity contribution is 5.96. The van der Waals surface area contributed by atoms with Gasteiger partial charge in [-0.15, -0.1) is 0 Å². The third-order valence-electron chi connectivity index (χ3n) is 7.89. The summed E-state index contributed by atoms with van der Waals surface area (Å²) in [6.07, 6.45) is -4.69. The van der Waals surface area contributed by atoms with E-state index in [0.29, 0.717) is 13.0 Å². The van der Waals surface area contributed by atoms with Crippen molar-refractivity contribution in [1.82, 2.24) is 20.9 Å². The molecule has 2 aliphatic heterocycles. The van der Waals surface area contributed by atoms with Crippen molar-refractivity contribution < 1.29 is 41.9 Å². The Morgan fingerprint density at radius 3 is 2.27 bits per heavy atom. The number of likely N-dealkylation sites (tertiary alicyclic amines) is 1.